The first-order valence-corrected chi connectivity index (χ1v) is 9.07. The lowest BCUT2D eigenvalue weighted by Gasteiger charge is -2.27. The van der Waals surface area contributed by atoms with Gasteiger partial charge in [-0.15, -0.1) is 11.3 Å². The first-order chi connectivity index (χ1) is 11.5. The van der Waals surface area contributed by atoms with Gasteiger partial charge in [-0.2, -0.15) is 0 Å². The third-order valence-corrected chi connectivity index (χ3v) is 5.05. The van der Waals surface area contributed by atoms with Gasteiger partial charge in [-0.3, -0.25) is 14.5 Å². The first-order valence-electron chi connectivity index (χ1n) is 8.25. The molecule has 1 fully saturated rings. The van der Waals surface area contributed by atoms with E-state index in [0.29, 0.717) is 11.7 Å². The summed E-state index contributed by atoms with van der Waals surface area (Å²) in [6.07, 6.45) is 0.850. The predicted octanol–water partition coefficient (Wildman–Crippen LogP) is 1.27. The number of anilines is 1. The summed E-state index contributed by atoms with van der Waals surface area (Å²) in [5, 5.41) is 3.37. The van der Waals surface area contributed by atoms with Gasteiger partial charge in [-0.25, -0.2) is 4.98 Å². The molecule has 7 nitrogen and oxygen atoms in total. The van der Waals surface area contributed by atoms with Crippen molar-refractivity contribution >= 4 is 28.3 Å². The van der Waals surface area contributed by atoms with E-state index in [4.69, 9.17) is 4.74 Å². The summed E-state index contributed by atoms with van der Waals surface area (Å²) in [4.78, 5) is 33.2. The highest BCUT2D eigenvalue weighted by molar-refractivity contribution is 7.15. The summed E-state index contributed by atoms with van der Waals surface area (Å²) < 4.78 is 5.32. The number of ether oxygens (including phenoxy) is 1. The maximum Gasteiger partial charge on any atom is 0.245 e. The number of nitrogens with zero attached hydrogens (tertiary/aromatic N) is 3. The van der Waals surface area contributed by atoms with E-state index in [9.17, 15) is 9.59 Å². The molecule has 0 saturated carbocycles. The van der Waals surface area contributed by atoms with Gasteiger partial charge in [0, 0.05) is 38.0 Å². The van der Waals surface area contributed by atoms with Gasteiger partial charge < -0.3 is 15.0 Å². The van der Waals surface area contributed by atoms with Crippen molar-refractivity contribution in [2.75, 3.05) is 51.3 Å². The fourth-order valence-corrected chi connectivity index (χ4v) is 3.35. The second-order valence-corrected chi connectivity index (χ2v) is 7.16. The van der Waals surface area contributed by atoms with Gasteiger partial charge in [0.25, 0.3) is 0 Å². The molecule has 1 N–H and O–H groups in total. The van der Waals surface area contributed by atoms with Crippen LogP contribution in [0.1, 0.15) is 23.9 Å². The van der Waals surface area contributed by atoms with E-state index < -0.39 is 0 Å². The summed E-state index contributed by atoms with van der Waals surface area (Å²) in [6, 6.07) is 0. The molecule has 0 aliphatic carbocycles. The zero-order valence-electron chi connectivity index (χ0n) is 14.6. The van der Waals surface area contributed by atoms with E-state index in [0.717, 1.165) is 49.8 Å². The van der Waals surface area contributed by atoms with E-state index >= 15 is 0 Å². The lowest BCUT2D eigenvalue weighted by molar-refractivity contribution is -0.132. The molecule has 0 bridgehead atoms. The minimum Gasteiger partial charge on any atom is -0.379 e. The maximum absolute atomic E-state index is 12.1. The number of amides is 2. The van der Waals surface area contributed by atoms with Crippen LogP contribution < -0.4 is 5.32 Å². The Morgan fingerprint density at radius 3 is 2.62 bits per heavy atom. The van der Waals surface area contributed by atoms with Gasteiger partial charge in [0.2, 0.25) is 11.8 Å². The molecular formula is C16H26N4O3S. The molecular weight excluding hydrogens is 328 g/mol. The maximum atomic E-state index is 12.1. The van der Waals surface area contributed by atoms with E-state index in [1.807, 2.05) is 13.8 Å². The molecule has 0 spiro atoms. The number of rotatable bonds is 7. The van der Waals surface area contributed by atoms with E-state index in [2.05, 4.69) is 15.2 Å². The molecule has 8 heteroatoms. The standard InChI is InChI=1S/C16H26N4O3S/c1-12-13(2)24-16(17-12)18-15(22)11-20(14(3)21)6-4-5-19-7-9-23-10-8-19/h4-11H2,1-3H3,(H,17,18,22). The number of carbonyl (C=O) groups excluding carboxylic acids is 2. The minimum atomic E-state index is -0.203. The summed E-state index contributed by atoms with van der Waals surface area (Å²) >= 11 is 1.45. The average molecular weight is 354 g/mol. The molecule has 24 heavy (non-hydrogen) atoms. The van der Waals surface area contributed by atoms with Crippen molar-refractivity contribution in [2.24, 2.45) is 0 Å². The lowest BCUT2D eigenvalue weighted by atomic mass is 10.3. The van der Waals surface area contributed by atoms with Crippen LogP contribution in [-0.4, -0.2) is 72.5 Å². The number of carbonyl (C=O) groups is 2. The summed E-state index contributed by atoms with van der Waals surface area (Å²) in [7, 11) is 0. The second kappa shape index (κ2) is 9.10. The molecule has 1 saturated heterocycles. The molecule has 0 radical (unpaired) electrons. The molecule has 0 atom stereocenters. The smallest absolute Gasteiger partial charge is 0.245 e. The van der Waals surface area contributed by atoms with E-state index in [-0.39, 0.29) is 18.4 Å². The molecule has 1 aliphatic rings. The van der Waals surface area contributed by atoms with Crippen molar-refractivity contribution in [3.05, 3.63) is 10.6 Å². The molecule has 1 aliphatic heterocycles. The van der Waals surface area contributed by atoms with Gasteiger partial charge in [-0.1, -0.05) is 0 Å². The van der Waals surface area contributed by atoms with Gasteiger partial charge in [-0.05, 0) is 20.3 Å². The molecule has 134 valence electrons. The van der Waals surface area contributed by atoms with Crippen molar-refractivity contribution in [3.8, 4) is 0 Å². The quantitative estimate of drug-likeness (QED) is 0.798. The Hall–Kier alpha value is -1.51. The Balaban J connectivity index is 1.77. The number of aromatic nitrogens is 1. The monoisotopic (exact) mass is 354 g/mol. The minimum absolute atomic E-state index is 0.0656. The number of nitrogens with one attached hydrogen (secondary N) is 1. The highest BCUT2D eigenvalue weighted by atomic mass is 32.1. The average Bonchev–Trinajstić information content (AvgIpc) is 2.85. The predicted molar refractivity (Wildman–Crippen MR) is 94.3 cm³/mol. The van der Waals surface area contributed by atoms with Crippen LogP contribution in [0, 0.1) is 13.8 Å². The van der Waals surface area contributed by atoms with Crippen molar-refractivity contribution < 1.29 is 14.3 Å². The lowest BCUT2D eigenvalue weighted by Crippen LogP contribution is -2.40. The molecule has 1 aromatic rings. The fraction of sp³-hybridized carbons (Fsp3) is 0.688. The van der Waals surface area contributed by atoms with Crippen molar-refractivity contribution in [1.29, 1.82) is 0 Å². The highest BCUT2D eigenvalue weighted by Crippen LogP contribution is 2.20. The third-order valence-electron chi connectivity index (χ3n) is 4.06. The Bertz CT molecular complexity index is 550. The van der Waals surface area contributed by atoms with Crippen LogP contribution in [-0.2, 0) is 14.3 Å². The van der Waals surface area contributed by atoms with Gasteiger partial charge in [0.05, 0.1) is 25.5 Å². The highest BCUT2D eigenvalue weighted by Gasteiger charge is 2.16. The van der Waals surface area contributed by atoms with Gasteiger partial charge in [0.1, 0.15) is 0 Å². The third kappa shape index (κ3) is 5.85. The number of thiazole rings is 1. The van der Waals surface area contributed by atoms with Crippen LogP contribution in [0.15, 0.2) is 0 Å². The topological polar surface area (TPSA) is 74.8 Å². The summed E-state index contributed by atoms with van der Waals surface area (Å²) in [5.41, 5.74) is 0.921. The van der Waals surface area contributed by atoms with Crippen LogP contribution >= 0.6 is 11.3 Å². The number of hydrogen-bond donors (Lipinski definition) is 1. The second-order valence-electron chi connectivity index (χ2n) is 5.96. The number of aryl methyl sites for hydroxylation is 2. The zero-order valence-corrected chi connectivity index (χ0v) is 15.4. The van der Waals surface area contributed by atoms with Crippen LogP contribution in [0.25, 0.3) is 0 Å². The normalized spacial score (nSPS) is 15.3. The molecule has 1 aromatic heterocycles. The Morgan fingerprint density at radius 1 is 1.33 bits per heavy atom. The SMILES string of the molecule is CC(=O)N(CCCN1CCOCC1)CC(=O)Nc1nc(C)c(C)s1. The van der Waals surface area contributed by atoms with Gasteiger partial charge in [0.15, 0.2) is 5.13 Å². The summed E-state index contributed by atoms with van der Waals surface area (Å²) in [6.45, 7) is 10.3. The van der Waals surface area contributed by atoms with E-state index in [1.165, 1.54) is 18.3 Å². The number of hydrogen-bond acceptors (Lipinski definition) is 6. The molecule has 2 rings (SSSR count). The van der Waals surface area contributed by atoms with Crippen LogP contribution in [0.2, 0.25) is 0 Å². The van der Waals surface area contributed by atoms with Crippen LogP contribution in [0.3, 0.4) is 0 Å². The van der Waals surface area contributed by atoms with Crippen molar-refractivity contribution in [3.63, 3.8) is 0 Å². The Kier molecular flexibility index (Phi) is 7.14. The number of morpholine rings is 1. The molecule has 0 unspecified atom stereocenters. The largest absolute Gasteiger partial charge is 0.379 e. The Morgan fingerprint density at radius 2 is 2.04 bits per heavy atom. The van der Waals surface area contributed by atoms with Gasteiger partial charge >= 0.3 is 0 Å². The van der Waals surface area contributed by atoms with Crippen molar-refractivity contribution in [1.82, 2.24) is 14.8 Å². The van der Waals surface area contributed by atoms with Crippen molar-refractivity contribution in [2.45, 2.75) is 27.2 Å². The van der Waals surface area contributed by atoms with E-state index in [1.54, 1.807) is 4.90 Å². The Labute approximate surface area is 147 Å². The van der Waals surface area contributed by atoms with Crippen LogP contribution in [0.4, 0.5) is 5.13 Å². The molecule has 2 amide bonds. The fourth-order valence-electron chi connectivity index (χ4n) is 2.52. The molecule has 2 heterocycles. The molecule has 0 aromatic carbocycles. The van der Waals surface area contributed by atoms with Crippen LogP contribution in [0.5, 0.6) is 0 Å². The zero-order chi connectivity index (χ0) is 17.5. The summed E-state index contributed by atoms with van der Waals surface area (Å²) in [5.74, 6) is -0.288. The first kappa shape index (κ1) is 18.8.